The number of carboxylic acid groups (broad SMARTS) is 2. The van der Waals surface area contributed by atoms with Crippen LogP contribution in [0.3, 0.4) is 0 Å². The lowest BCUT2D eigenvalue weighted by molar-refractivity contribution is -0.159. The van der Waals surface area contributed by atoms with Crippen molar-refractivity contribution in [3.63, 3.8) is 0 Å². The van der Waals surface area contributed by atoms with Crippen molar-refractivity contribution in [2.75, 3.05) is 46.4 Å². The number of piperazine rings is 1. The molecule has 0 spiro atoms. The van der Waals surface area contributed by atoms with Gasteiger partial charge in [0, 0.05) is 37.7 Å². The van der Waals surface area contributed by atoms with Crippen molar-refractivity contribution >= 4 is 23.5 Å². The highest BCUT2D eigenvalue weighted by Crippen LogP contribution is 2.23. The van der Waals surface area contributed by atoms with E-state index < -0.39 is 11.9 Å². The molecular formula is C18H25ClN2O5. The molecule has 8 heteroatoms. The van der Waals surface area contributed by atoms with Crippen LogP contribution in [0.15, 0.2) is 30.9 Å². The fourth-order valence-corrected chi connectivity index (χ4v) is 2.55. The third-order valence-electron chi connectivity index (χ3n) is 3.83. The number of aliphatic carboxylic acids is 2. The largest absolute Gasteiger partial charge is 0.492 e. The Morgan fingerprint density at radius 3 is 2.38 bits per heavy atom. The zero-order valence-electron chi connectivity index (χ0n) is 14.9. The lowest BCUT2D eigenvalue weighted by atomic mass is 10.1. The number of hydrogen-bond acceptors (Lipinski definition) is 5. The lowest BCUT2D eigenvalue weighted by Gasteiger charge is -2.32. The second-order valence-corrected chi connectivity index (χ2v) is 6.28. The van der Waals surface area contributed by atoms with Crippen LogP contribution in [0.5, 0.6) is 5.75 Å². The number of carboxylic acids is 2. The first kappa shape index (κ1) is 22.0. The van der Waals surface area contributed by atoms with Crippen LogP contribution >= 0.6 is 11.6 Å². The normalized spacial score (nSPS) is 14.8. The predicted molar refractivity (Wildman–Crippen MR) is 100 cm³/mol. The molecule has 0 bridgehead atoms. The maximum atomic E-state index is 9.10. The summed E-state index contributed by atoms with van der Waals surface area (Å²) in [5, 5.41) is 15.5. The molecule has 2 rings (SSSR count). The molecule has 1 aliphatic rings. The van der Waals surface area contributed by atoms with Gasteiger partial charge in [0.15, 0.2) is 0 Å². The average molecular weight is 385 g/mol. The van der Waals surface area contributed by atoms with E-state index in [1.54, 1.807) is 0 Å². The number of nitrogens with zero attached hydrogens (tertiary/aromatic N) is 2. The smallest absolute Gasteiger partial charge is 0.414 e. The van der Waals surface area contributed by atoms with Gasteiger partial charge in [0.1, 0.15) is 12.4 Å². The first-order chi connectivity index (χ1) is 12.3. The Balaban J connectivity index is 0.000000487. The van der Waals surface area contributed by atoms with Crippen molar-refractivity contribution in [1.82, 2.24) is 9.80 Å². The van der Waals surface area contributed by atoms with Gasteiger partial charge < -0.3 is 19.8 Å². The highest BCUT2D eigenvalue weighted by Gasteiger charge is 2.13. The minimum Gasteiger partial charge on any atom is -0.492 e. The van der Waals surface area contributed by atoms with Crippen molar-refractivity contribution < 1.29 is 24.5 Å². The number of carbonyl (C=O) groups is 2. The Morgan fingerprint density at radius 1 is 1.23 bits per heavy atom. The summed E-state index contributed by atoms with van der Waals surface area (Å²) in [5.41, 5.74) is 1.10. The highest BCUT2D eigenvalue weighted by molar-refractivity contribution is 6.30. The summed E-state index contributed by atoms with van der Waals surface area (Å²) in [6, 6.07) is 5.78. The van der Waals surface area contributed by atoms with Crippen LogP contribution in [0.1, 0.15) is 5.56 Å². The van der Waals surface area contributed by atoms with Crippen LogP contribution in [-0.2, 0) is 16.0 Å². The summed E-state index contributed by atoms with van der Waals surface area (Å²) in [5.74, 6) is -2.73. The van der Waals surface area contributed by atoms with Gasteiger partial charge in [-0.2, -0.15) is 0 Å². The van der Waals surface area contributed by atoms with Crippen molar-refractivity contribution in [2.24, 2.45) is 0 Å². The molecule has 7 nitrogen and oxygen atoms in total. The number of ether oxygens (including phenoxy) is 1. The van der Waals surface area contributed by atoms with Gasteiger partial charge in [-0.3, -0.25) is 4.90 Å². The van der Waals surface area contributed by atoms with E-state index in [9.17, 15) is 0 Å². The van der Waals surface area contributed by atoms with Crippen molar-refractivity contribution in [3.8, 4) is 5.75 Å². The van der Waals surface area contributed by atoms with Crippen LogP contribution < -0.4 is 4.74 Å². The molecule has 0 radical (unpaired) electrons. The molecule has 1 aliphatic heterocycles. The summed E-state index contributed by atoms with van der Waals surface area (Å²) in [6.07, 6.45) is 2.66. The molecule has 0 aromatic heterocycles. The molecule has 1 aromatic rings. The van der Waals surface area contributed by atoms with Gasteiger partial charge in [0.2, 0.25) is 0 Å². The number of likely N-dealkylation sites (N-methyl/N-ethyl adjacent to an activating group) is 1. The Morgan fingerprint density at radius 2 is 1.85 bits per heavy atom. The third kappa shape index (κ3) is 8.33. The summed E-state index contributed by atoms with van der Waals surface area (Å²) in [7, 11) is 2.17. The van der Waals surface area contributed by atoms with Crippen LogP contribution in [0.4, 0.5) is 0 Å². The Bertz CT molecular complexity index is 604. The van der Waals surface area contributed by atoms with E-state index in [1.165, 1.54) is 0 Å². The highest BCUT2D eigenvalue weighted by atomic mass is 35.5. The minimum atomic E-state index is -1.82. The second-order valence-electron chi connectivity index (χ2n) is 5.85. The maximum Gasteiger partial charge on any atom is 0.414 e. The topological polar surface area (TPSA) is 90.3 Å². The van der Waals surface area contributed by atoms with E-state index in [-0.39, 0.29) is 0 Å². The molecule has 144 valence electrons. The Labute approximate surface area is 158 Å². The van der Waals surface area contributed by atoms with Gasteiger partial charge >= 0.3 is 11.9 Å². The van der Waals surface area contributed by atoms with E-state index in [1.807, 2.05) is 24.3 Å². The number of benzene rings is 1. The third-order valence-corrected chi connectivity index (χ3v) is 4.07. The SMILES string of the molecule is C=CCc1cc(Cl)ccc1OCCN1CCN(C)CC1.O=C(O)C(=O)O. The first-order valence-electron chi connectivity index (χ1n) is 8.22. The standard InChI is InChI=1S/C16H23ClN2O.C2H2O4/c1-3-4-14-13-15(17)5-6-16(14)20-12-11-19-9-7-18(2)8-10-19;3-1(4)2(5)6/h3,5-6,13H,1,4,7-12H2,2H3;(H,3,4)(H,5,6). The first-order valence-corrected chi connectivity index (χ1v) is 8.60. The molecule has 26 heavy (non-hydrogen) atoms. The van der Waals surface area contributed by atoms with Crippen molar-refractivity contribution in [2.45, 2.75) is 6.42 Å². The molecule has 0 saturated carbocycles. The average Bonchev–Trinajstić information content (AvgIpc) is 2.59. The summed E-state index contributed by atoms with van der Waals surface area (Å²) >= 11 is 6.02. The minimum absolute atomic E-state index is 0.718. The van der Waals surface area contributed by atoms with E-state index in [4.69, 9.17) is 36.1 Å². The summed E-state index contributed by atoms with van der Waals surface area (Å²) in [4.78, 5) is 23.0. The molecule has 1 heterocycles. The number of allylic oxidation sites excluding steroid dienone is 1. The van der Waals surface area contributed by atoms with E-state index in [2.05, 4.69) is 23.4 Å². The monoisotopic (exact) mass is 384 g/mol. The van der Waals surface area contributed by atoms with Crippen molar-refractivity contribution in [3.05, 3.63) is 41.4 Å². The molecule has 1 aromatic carbocycles. The number of halogens is 1. The zero-order chi connectivity index (χ0) is 19.5. The maximum absolute atomic E-state index is 9.10. The Hall–Kier alpha value is -2.09. The second kappa shape index (κ2) is 11.5. The zero-order valence-corrected chi connectivity index (χ0v) is 15.6. The van der Waals surface area contributed by atoms with E-state index in [0.717, 1.165) is 62.1 Å². The van der Waals surface area contributed by atoms with E-state index >= 15 is 0 Å². The lowest BCUT2D eigenvalue weighted by Crippen LogP contribution is -2.45. The molecular weight excluding hydrogens is 360 g/mol. The quantitative estimate of drug-likeness (QED) is 0.571. The molecule has 1 fully saturated rings. The van der Waals surface area contributed by atoms with Gasteiger partial charge in [-0.1, -0.05) is 17.7 Å². The number of rotatable bonds is 6. The fourth-order valence-electron chi connectivity index (χ4n) is 2.36. The molecule has 0 aliphatic carbocycles. The Kier molecular flexibility index (Phi) is 9.72. The van der Waals surface area contributed by atoms with Crippen LogP contribution in [-0.4, -0.2) is 78.3 Å². The molecule has 1 saturated heterocycles. The molecule has 0 amide bonds. The molecule has 2 N–H and O–H groups in total. The van der Waals surface area contributed by atoms with Gasteiger partial charge in [0.05, 0.1) is 0 Å². The van der Waals surface area contributed by atoms with Crippen molar-refractivity contribution in [1.29, 1.82) is 0 Å². The summed E-state index contributed by atoms with van der Waals surface area (Å²) < 4.78 is 5.91. The number of hydrogen-bond donors (Lipinski definition) is 2. The van der Waals surface area contributed by atoms with Crippen LogP contribution in [0.2, 0.25) is 5.02 Å². The van der Waals surface area contributed by atoms with Gasteiger partial charge in [-0.05, 0) is 37.2 Å². The predicted octanol–water partition coefficient (Wildman–Crippen LogP) is 1.85. The van der Waals surface area contributed by atoms with Crippen LogP contribution in [0, 0.1) is 0 Å². The van der Waals surface area contributed by atoms with E-state index in [0.29, 0.717) is 0 Å². The molecule has 0 unspecified atom stereocenters. The molecule has 0 atom stereocenters. The summed E-state index contributed by atoms with van der Waals surface area (Å²) in [6.45, 7) is 10.0. The van der Waals surface area contributed by atoms with Crippen LogP contribution in [0.25, 0.3) is 0 Å². The van der Waals surface area contributed by atoms with Gasteiger partial charge in [0.25, 0.3) is 0 Å². The van der Waals surface area contributed by atoms with Gasteiger partial charge in [-0.15, -0.1) is 6.58 Å². The fraction of sp³-hybridized carbons (Fsp3) is 0.444. The van der Waals surface area contributed by atoms with Gasteiger partial charge in [-0.25, -0.2) is 9.59 Å².